The van der Waals surface area contributed by atoms with Gasteiger partial charge in [0, 0.05) is 26.2 Å². The van der Waals surface area contributed by atoms with Crippen LogP contribution in [0.25, 0.3) is 0 Å². The predicted molar refractivity (Wildman–Crippen MR) is 111 cm³/mol. The highest BCUT2D eigenvalue weighted by Gasteiger charge is 2.41. The summed E-state index contributed by atoms with van der Waals surface area (Å²) in [6, 6.07) is 17.9. The average molecular weight is 379 g/mol. The van der Waals surface area contributed by atoms with Gasteiger partial charge >= 0.3 is 0 Å². The fourth-order valence-corrected chi connectivity index (χ4v) is 5.16. The molecule has 1 spiro atoms. The first-order valence-corrected chi connectivity index (χ1v) is 10.3. The van der Waals surface area contributed by atoms with E-state index in [0.717, 1.165) is 44.6 Å². The molecule has 2 saturated heterocycles. The van der Waals surface area contributed by atoms with Gasteiger partial charge in [0.2, 0.25) is 5.91 Å². The molecule has 1 amide bonds. The number of nitrogens with zero attached hydrogens (tertiary/aromatic N) is 2. The molecule has 148 valence electrons. The lowest BCUT2D eigenvalue weighted by atomic mass is 9.68. The Hall–Kier alpha value is -2.33. The molecule has 2 heterocycles. The molecule has 1 atom stereocenters. The molecule has 1 unspecified atom stereocenters. The Bertz CT molecular complexity index is 812. The Morgan fingerprint density at radius 2 is 1.86 bits per heavy atom. The lowest BCUT2D eigenvalue weighted by molar-refractivity contribution is -0.133. The van der Waals surface area contributed by atoms with Gasteiger partial charge in [-0.1, -0.05) is 42.5 Å². The maximum Gasteiger partial charge on any atom is 0.226 e. The number of benzene rings is 2. The highest BCUT2D eigenvalue weighted by atomic mass is 16.3. The number of carbonyl (C=O) groups excluding carboxylic acids is 1. The van der Waals surface area contributed by atoms with Crippen molar-refractivity contribution in [3.63, 3.8) is 0 Å². The number of aromatic hydroxyl groups is 1. The minimum absolute atomic E-state index is 0.171. The molecule has 0 aliphatic carbocycles. The van der Waals surface area contributed by atoms with Crippen LogP contribution in [0.15, 0.2) is 54.6 Å². The van der Waals surface area contributed by atoms with Crippen LogP contribution in [0.2, 0.25) is 0 Å². The molecule has 2 fully saturated rings. The standard InChI is InChI=1S/C24H30N2O2/c1-25-17-21(20-7-3-2-4-8-20)16-24(18-25)10-12-26(13-11-24)23(28)15-19-6-5-9-22(27)14-19/h2-9,14,21,27H,10-13,15-18H2,1H3. The topological polar surface area (TPSA) is 43.8 Å². The molecule has 4 heteroatoms. The van der Waals surface area contributed by atoms with Crippen molar-refractivity contribution in [2.75, 3.05) is 33.2 Å². The summed E-state index contributed by atoms with van der Waals surface area (Å²) in [4.78, 5) is 17.2. The molecule has 2 aromatic carbocycles. The summed E-state index contributed by atoms with van der Waals surface area (Å²) in [7, 11) is 2.23. The van der Waals surface area contributed by atoms with E-state index in [9.17, 15) is 9.90 Å². The molecule has 2 aliphatic heterocycles. The molecule has 2 aromatic rings. The highest BCUT2D eigenvalue weighted by molar-refractivity contribution is 5.79. The van der Waals surface area contributed by atoms with Gasteiger partial charge in [0.1, 0.15) is 5.75 Å². The summed E-state index contributed by atoms with van der Waals surface area (Å²) in [5, 5.41) is 9.62. The summed E-state index contributed by atoms with van der Waals surface area (Å²) in [5.41, 5.74) is 2.64. The predicted octanol–water partition coefficient (Wildman–Crippen LogP) is 3.66. The van der Waals surface area contributed by atoms with Crippen LogP contribution in [0.4, 0.5) is 0 Å². The zero-order valence-electron chi connectivity index (χ0n) is 16.7. The minimum atomic E-state index is 0.171. The van der Waals surface area contributed by atoms with Crippen LogP contribution < -0.4 is 0 Å². The second kappa shape index (κ2) is 7.96. The first-order chi connectivity index (χ1) is 13.5. The van der Waals surface area contributed by atoms with E-state index in [2.05, 4.69) is 42.3 Å². The number of likely N-dealkylation sites (N-methyl/N-ethyl adjacent to an activating group) is 1. The number of likely N-dealkylation sites (tertiary alicyclic amines) is 2. The van der Waals surface area contributed by atoms with Gasteiger partial charge in [-0.2, -0.15) is 0 Å². The van der Waals surface area contributed by atoms with Gasteiger partial charge in [-0.05, 0) is 60.9 Å². The van der Waals surface area contributed by atoms with Crippen LogP contribution in [0.3, 0.4) is 0 Å². The molecule has 0 aromatic heterocycles. The van der Waals surface area contributed by atoms with Crippen molar-refractivity contribution >= 4 is 5.91 Å². The number of hydrogen-bond acceptors (Lipinski definition) is 3. The van der Waals surface area contributed by atoms with E-state index >= 15 is 0 Å². The van der Waals surface area contributed by atoms with E-state index in [4.69, 9.17) is 0 Å². The van der Waals surface area contributed by atoms with Crippen molar-refractivity contribution in [1.82, 2.24) is 9.80 Å². The zero-order valence-corrected chi connectivity index (χ0v) is 16.7. The lowest BCUT2D eigenvalue weighted by Crippen LogP contribution is -2.51. The Morgan fingerprint density at radius 3 is 2.57 bits per heavy atom. The van der Waals surface area contributed by atoms with Crippen LogP contribution in [0.5, 0.6) is 5.75 Å². The zero-order chi connectivity index (χ0) is 19.6. The van der Waals surface area contributed by atoms with Crippen LogP contribution in [0.1, 0.15) is 36.3 Å². The summed E-state index contributed by atoms with van der Waals surface area (Å²) in [6.45, 7) is 3.93. The first kappa shape index (κ1) is 19.0. The molecule has 0 radical (unpaired) electrons. The van der Waals surface area contributed by atoms with Crippen molar-refractivity contribution in [2.24, 2.45) is 5.41 Å². The van der Waals surface area contributed by atoms with Crippen molar-refractivity contribution in [3.05, 3.63) is 65.7 Å². The maximum atomic E-state index is 12.7. The first-order valence-electron chi connectivity index (χ1n) is 10.3. The smallest absolute Gasteiger partial charge is 0.226 e. The van der Waals surface area contributed by atoms with Gasteiger partial charge in [0.15, 0.2) is 0 Å². The number of hydrogen-bond donors (Lipinski definition) is 1. The molecule has 0 saturated carbocycles. The Labute approximate surface area is 167 Å². The molecular formula is C24H30N2O2. The minimum Gasteiger partial charge on any atom is -0.508 e. The van der Waals surface area contributed by atoms with E-state index in [-0.39, 0.29) is 11.7 Å². The van der Waals surface area contributed by atoms with E-state index in [1.54, 1.807) is 18.2 Å². The Balaban J connectivity index is 1.39. The van der Waals surface area contributed by atoms with Crippen LogP contribution in [-0.2, 0) is 11.2 Å². The van der Waals surface area contributed by atoms with Gasteiger partial charge in [-0.3, -0.25) is 4.79 Å². The van der Waals surface area contributed by atoms with Crippen LogP contribution in [0, 0.1) is 5.41 Å². The Morgan fingerprint density at radius 1 is 1.11 bits per heavy atom. The molecule has 28 heavy (non-hydrogen) atoms. The van der Waals surface area contributed by atoms with Gasteiger partial charge in [-0.15, -0.1) is 0 Å². The molecule has 1 N–H and O–H groups in total. The number of phenolic OH excluding ortho intramolecular Hbond substituents is 1. The Kier molecular flexibility index (Phi) is 5.40. The quantitative estimate of drug-likeness (QED) is 0.886. The largest absolute Gasteiger partial charge is 0.508 e. The van der Waals surface area contributed by atoms with Crippen LogP contribution >= 0.6 is 0 Å². The fraction of sp³-hybridized carbons (Fsp3) is 0.458. The van der Waals surface area contributed by atoms with Gasteiger partial charge in [0.25, 0.3) is 0 Å². The third kappa shape index (κ3) is 4.22. The van der Waals surface area contributed by atoms with Crippen molar-refractivity contribution in [2.45, 2.75) is 31.6 Å². The van der Waals surface area contributed by atoms with E-state index in [1.165, 1.54) is 12.0 Å². The normalized spacial score (nSPS) is 22.3. The third-order valence-electron chi connectivity index (χ3n) is 6.53. The van der Waals surface area contributed by atoms with Gasteiger partial charge in [0.05, 0.1) is 6.42 Å². The van der Waals surface area contributed by atoms with E-state index < -0.39 is 0 Å². The third-order valence-corrected chi connectivity index (χ3v) is 6.53. The van der Waals surface area contributed by atoms with Crippen molar-refractivity contribution < 1.29 is 9.90 Å². The number of rotatable bonds is 3. The average Bonchev–Trinajstić information content (AvgIpc) is 2.68. The van der Waals surface area contributed by atoms with Crippen LogP contribution in [-0.4, -0.2) is 54.0 Å². The summed E-state index contributed by atoms with van der Waals surface area (Å²) < 4.78 is 0. The van der Waals surface area contributed by atoms with Gasteiger partial charge in [-0.25, -0.2) is 0 Å². The maximum absolute atomic E-state index is 12.7. The second-order valence-electron chi connectivity index (χ2n) is 8.74. The molecular weight excluding hydrogens is 348 g/mol. The summed E-state index contributed by atoms with van der Waals surface area (Å²) >= 11 is 0. The SMILES string of the molecule is CN1CC(c2ccccc2)CC2(CCN(C(=O)Cc3cccc(O)c3)CC2)C1. The van der Waals surface area contributed by atoms with Gasteiger partial charge < -0.3 is 14.9 Å². The molecule has 2 aliphatic rings. The van der Waals surface area contributed by atoms with Crippen molar-refractivity contribution in [1.29, 1.82) is 0 Å². The summed E-state index contributed by atoms with van der Waals surface area (Å²) in [5.74, 6) is 0.971. The number of amides is 1. The number of piperidine rings is 2. The monoisotopic (exact) mass is 378 g/mol. The molecule has 4 nitrogen and oxygen atoms in total. The van der Waals surface area contributed by atoms with Crippen molar-refractivity contribution in [3.8, 4) is 5.75 Å². The fourth-order valence-electron chi connectivity index (χ4n) is 5.16. The molecule has 4 rings (SSSR count). The number of phenols is 1. The van der Waals surface area contributed by atoms with E-state index in [0.29, 0.717) is 17.8 Å². The number of carbonyl (C=O) groups is 1. The second-order valence-corrected chi connectivity index (χ2v) is 8.74. The summed E-state index contributed by atoms with van der Waals surface area (Å²) in [6.07, 6.45) is 3.74. The lowest BCUT2D eigenvalue weighted by Gasteiger charge is -2.49. The highest BCUT2D eigenvalue weighted by Crippen LogP contribution is 2.44. The molecule has 0 bridgehead atoms. The van der Waals surface area contributed by atoms with E-state index in [1.807, 2.05) is 11.0 Å².